The van der Waals surface area contributed by atoms with Gasteiger partial charge in [0.1, 0.15) is 0 Å². The third-order valence-electron chi connectivity index (χ3n) is 3.91. The van der Waals surface area contributed by atoms with E-state index in [4.69, 9.17) is 9.47 Å². The number of hydrogen-bond donors (Lipinski definition) is 0. The first-order valence-corrected chi connectivity index (χ1v) is 6.61. The van der Waals surface area contributed by atoms with Gasteiger partial charge in [0, 0.05) is 20.1 Å². The first-order chi connectivity index (χ1) is 8.49. The quantitative estimate of drug-likeness (QED) is 0.769. The summed E-state index contributed by atoms with van der Waals surface area (Å²) in [7, 11) is 3.53. The molecule has 0 bridgehead atoms. The highest BCUT2D eigenvalue weighted by atomic mass is 16.5. The summed E-state index contributed by atoms with van der Waals surface area (Å²) < 4.78 is 11.0. The fraction of sp³-hybridized carbons (Fsp3) is 0.625. The van der Waals surface area contributed by atoms with Crippen molar-refractivity contribution in [2.45, 2.75) is 46.3 Å². The molecule has 0 fully saturated rings. The molecule has 0 aliphatic heterocycles. The van der Waals surface area contributed by atoms with E-state index in [1.165, 1.54) is 16.7 Å². The number of ether oxygens (including phenoxy) is 2. The predicted octanol–water partition coefficient (Wildman–Crippen LogP) is 3.53. The maximum absolute atomic E-state index is 5.50. The molecule has 2 nitrogen and oxygen atoms in total. The third kappa shape index (κ3) is 3.82. The molecular formula is C16H26O2. The highest BCUT2D eigenvalue weighted by molar-refractivity contribution is 5.31. The molecule has 0 aliphatic rings. The van der Waals surface area contributed by atoms with E-state index >= 15 is 0 Å². The summed E-state index contributed by atoms with van der Waals surface area (Å²) in [4.78, 5) is 0. The fourth-order valence-electron chi connectivity index (χ4n) is 2.34. The van der Waals surface area contributed by atoms with E-state index in [0.29, 0.717) is 5.92 Å². The largest absolute Gasteiger partial charge is 0.381 e. The monoisotopic (exact) mass is 250 g/mol. The van der Waals surface area contributed by atoms with E-state index in [1.54, 1.807) is 14.2 Å². The molecule has 2 heteroatoms. The van der Waals surface area contributed by atoms with Crippen LogP contribution in [-0.2, 0) is 15.9 Å². The highest BCUT2D eigenvalue weighted by Crippen LogP contribution is 2.23. The summed E-state index contributed by atoms with van der Waals surface area (Å²) in [6.45, 7) is 8.54. The molecule has 0 aliphatic carbocycles. The molecular weight excluding hydrogens is 224 g/mol. The Morgan fingerprint density at radius 3 is 2.06 bits per heavy atom. The molecule has 2 unspecified atom stereocenters. The van der Waals surface area contributed by atoms with Crippen LogP contribution in [0.5, 0.6) is 0 Å². The zero-order valence-corrected chi connectivity index (χ0v) is 12.5. The number of benzene rings is 1. The standard InChI is InChI=1S/C16H26O2/c1-11-7-8-12(2)15(9-11)10-16(13(3)17-5)14(4)18-6/h7-9,13-14,16H,10H2,1-6H3. The van der Waals surface area contributed by atoms with E-state index in [9.17, 15) is 0 Å². The molecule has 0 amide bonds. The van der Waals surface area contributed by atoms with Gasteiger partial charge >= 0.3 is 0 Å². The van der Waals surface area contributed by atoms with Crippen molar-refractivity contribution in [3.63, 3.8) is 0 Å². The van der Waals surface area contributed by atoms with Crippen LogP contribution in [0.2, 0.25) is 0 Å². The molecule has 18 heavy (non-hydrogen) atoms. The van der Waals surface area contributed by atoms with Crippen molar-refractivity contribution in [2.75, 3.05) is 14.2 Å². The minimum Gasteiger partial charge on any atom is -0.381 e. The predicted molar refractivity (Wildman–Crippen MR) is 76.1 cm³/mol. The molecule has 0 aromatic heterocycles. The lowest BCUT2D eigenvalue weighted by molar-refractivity contribution is -0.0166. The Morgan fingerprint density at radius 2 is 1.56 bits per heavy atom. The topological polar surface area (TPSA) is 18.5 Å². The van der Waals surface area contributed by atoms with Gasteiger partial charge in [-0.15, -0.1) is 0 Å². The van der Waals surface area contributed by atoms with Crippen LogP contribution in [0, 0.1) is 19.8 Å². The lowest BCUT2D eigenvalue weighted by Gasteiger charge is -2.28. The van der Waals surface area contributed by atoms with Crippen molar-refractivity contribution in [3.05, 3.63) is 34.9 Å². The Kier molecular flexibility index (Phi) is 5.83. The van der Waals surface area contributed by atoms with Crippen LogP contribution >= 0.6 is 0 Å². The van der Waals surface area contributed by atoms with Crippen LogP contribution in [0.1, 0.15) is 30.5 Å². The molecule has 0 saturated carbocycles. The SMILES string of the molecule is COC(C)C(Cc1cc(C)ccc1C)C(C)OC. The second-order valence-corrected chi connectivity index (χ2v) is 5.18. The fourth-order valence-corrected chi connectivity index (χ4v) is 2.34. The smallest absolute Gasteiger partial charge is 0.0599 e. The van der Waals surface area contributed by atoms with Crippen LogP contribution < -0.4 is 0 Å². The van der Waals surface area contributed by atoms with Crippen molar-refractivity contribution in [1.29, 1.82) is 0 Å². The van der Waals surface area contributed by atoms with Gasteiger partial charge in [0.15, 0.2) is 0 Å². The molecule has 0 radical (unpaired) electrons. The average molecular weight is 250 g/mol. The molecule has 1 aromatic rings. The van der Waals surface area contributed by atoms with Crippen molar-refractivity contribution in [2.24, 2.45) is 5.92 Å². The van der Waals surface area contributed by atoms with Crippen LogP contribution in [0.25, 0.3) is 0 Å². The van der Waals surface area contributed by atoms with E-state index < -0.39 is 0 Å². The van der Waals surface area contributed by atoms with Gasteiger partial charge in [-0.2, -0.15) is 0 Å². The van der Waals surface area contributed by atoms with Gasteiger partial charge in [0.2, 0.25) is 0 Å². The molecule has 102 valence electrons. The van der Waals surface area contributed by atoms with Crippen molar-refractivity contribution < 1.29 is 9.47 Å². The lowest BCUT2D eigenvalue weighted by Crippen LogP contribution is -2.32. The molecule has 0 spiro atoms. The van der Waals surface area contributed by atoms with Crippen LogP contribution in [0.15, 0.2) is 18.2 Å². The first-order valence-electron chi connectivity index (χ1n) is 6.61. The Balaban J connectivity index is 2.91. The summed E-state index contributed by atoms with van der Waals surface area (Å²) in [6.07, 6.45) is 1.39. The van der Waals surface area contributed by atoms with E-state index in [0.717, 1.165) is 6.42 Å². The van der Waals surface area contributed by atoms with Gasteiger partial charge in [-0.05, 0) is 45.2 Å². The summed E-state index contributed by atoms with van der Waals surface area (Å²) in [6, 6.07) is 6.62. The zero-order valence-electron chi connectivity index (χ0n) is 12.5. The summed E-state index contributed by atoms with van der Waals surface area (Å²) in [5.74, 6) is 0.375. The van der Waals surface area contributed by atoms with E-state index in [1.807, 2.05) is 0 Å². The maximum Gasteiger partial charge on any atom is 0.0599 e. The van der Waals surface area contributed by atoms with E-state index in [2.05, 4.69) is 45.9 Å². The maximum atomic E-state index is 5.50. The minimum atomic E-state index is 0.194. The van der Waals surface area contributed by atoms with Crippen LogP contribution in [-0.4, -0.2) is 26.4 Å². The van der Waals surface area contributed by atoms with Gasteiger partial charge in [0.25, 0.3) is 0 Å². The van der Waals surface area contributed by atoms with Crippen molar-refractivity contribution >= 4 is 0 Å². The van der Waals surface area contributed by atoms with Crippen molar-refractivity contribution in [1.82, 2.24) is 0 Å². The van der Waals surface area contributed by atoms with Gasteiger partial charge in [-0.1, -0.05) is 23.8 Å². The molecule has 0 saturated heterocycles. The minimum absolute atomic E-state index is 0.194. The van der Waals surface area contributed by atoms with Gasteiger partial charge in [-0.25, -0.2) is 0 Å². The molecule has 1 aromatic carbocycles. The Morgan fingerprint density at radius 1 is 1.00 bits per heavy atom. The lowest BCUT2D eigenvalue weighted by atomic mass is 9.88. The highest BCUT2D eigenvalue weighted by Gasteiger charge is 2.24. The summed E-state index contributed by atoms with van der Waals surface area (Å²) in [5, 5.41) is 0. The second-order valence-electron chi connectivity index (χ2n) is 5.18. The average Bonchev–Trinajstić information content (AvgIpc) is 2.38. The van der Waals surface area contributed by atoms with Gasteiger partial charge in [-0.3, -0.25) is 0 Å². The van der Waals surface area contributed by atoms with E-state index in [-0.39, 0.29) is 12.2 Å². The number of rotatable bonds is 6. The van der Waals surface area contributed by atoms with Gasteiger partial charge < -0.3 is 9.47 Å². The Labute approximate surface area is 111 Å². The first kappa shape index (κ1) is 15.2. The molecule has 1 rings (SSSR count). The van der Waals surface area contributed by atoms with Crippen molar-refractivity contribution in [3.8, 4) is 0 Å². The Hall–Kier alpha value is -0.860. The molecule has 0 N–H and O–H groups in total. The second kappa shape index (κ2) is 6.91. The van der Waals surface area contributed by atoms with Crippen LogP contribution in [0.3, 0.4) is 0 Å². The van der Waals surface area contributed by atoms with Crippen LogP contribution in [0.4, 0.5) is 0 Å². The number of methoxy groups -OCH3 is 2. The number of hydrogen-bond acceptors (Lipinski definition) is 2. The normalized spacial score (nSPS) is 16.3. The summed E-state index contributed by atoms with van der Waals surface area (Å²) >= 11 is 0. The Bertz CT molecular complexity index is 363. The molecule has 0 heterocycles. The number of aryl methyl sites for hydroxylation is 2. The zero-order chi connectivity index (χ0) is 13.7. The summed E-state index contributed by atoms with van der Waals surface area (Å²) in [5.41, 5.74) is 4.05. The third-order valence-corrected chi connectivity index (χ3v) is 3.91. The molecule has 2 atom stereocenters. The van der Waals surface area contributed by atoms with Gasteiger partial charge in [0.05, 0.1) is 12.2 Å².